The molecule has 0 spiro atoms. The summed E-state index contributed by atoms with van der Waals surface area (Å²) >= 11 is 1.37. The van der Waals surface area contributed by atoms with Crippen LogP contribution >= 0.6 is 11.8 Å². The summed E-state index contributed by atoms with van der Waals surface area (Å²) in [5.41, 5.74) is 2.92. The third kappa shape index (κ3) is 9.93. The minimum absolute atomic E-state index is 0.0285. The van der Waals surface area contributed by atoms with Gasteiger partial charge < -0.3 is 39.2 Å². The number of carbonyl (C=O) groups excluding carboxylic acids is 2. The van der Waals surface area contributed by atoms with E-state index in [0.717, 1.165) is 16.6 Å². The molecule has 41 heavy (non-hydrogen) atoms. The molecular formula is C29H46N4O7S. The van der Waals surface area contributed by atoms with Crippen molar-refractivity contribution in [3.05, 3.63) is 23.8 Å². The fraction of sp³-hybridized carbons (Fsp3) is 0.690. The third-order valence-electron chi connectivity index (χ3n) is 7.21. The van der Waals surface area contributed by atoms with Crippen molar-refractivity contribution in [3.63, 3.8) is 0 Å². The number of nitrogens with zero attached hydrogens (tertiary/aromatic N) is 3. The minimum Gasteiger partial charge on any atom is -0.388 e. The van der Waals surface area contributed by atoms with Gasteiger partial charge >= 0.3 is 0 Å². The summed E-state index contributed by atoms with van der Waals surface area (Å²) in [6.07, 6.45) is -1.22. The second-order valence-electron chi connectivity index (χ2n) is 11.1. The lowest BCUT2D eigenvalue weighted by Crippen LogP contribution is -2.54. The quantitative estimate of drug-likeness (QED) is 0.393. The van der Waals surface area contributed by atoms with Gasteiger partial charge in [0, 0.05) is 46.5 Å². The first-order chi connectivity index (χ1) is 19.6. The first kappa shape index (κ1) is 33.3. The number of thioether (sulfide) groups is 1. The number of aromatic amines is 1. The predicted molar refractivity (Wildman–Crippen MR) is 158 cm³/mol. The zero-order chi connectivity index (χ0) is 29.9. The summed E-state index contributed by atoms with van der Waals surface area (Å²) in [7, 11) is 2.88. The van der Waals surface area contributed by atoms with Crippen LogP contribution < -0.4 is 0 Å². The maximum Gasteiger partial charge on any atom is 0.248 e. The molecule has 1 aromatic heterocycles. The zero-order valence-electron chi connectivity index (χ0n) is 24.9. The van der Waals surface area contributed by atoms with Crippen molar-refractivity contribution in [1.82, 2.24) is 19.8 Å². The van der Waals surface area contributed by atoms with Gasteiger partial charge in [0.2, 0.25) is 11.8 Å². The Balaban J connectivity index is 1.86. The summed E-state index contributed by atoms with van der Waals surface area (Å²) in [5, 5.41) is 21.9. The number of aliphatic hydroxyl groups is 2. The molecule has 1 aromatic carbocycles. The molecule has 230 valence electrons. The van der Waals surface area contributed by atoms with Crippen LogP contribution in [-0.2, 0) is 23.8 Å². The van der Waals surface area contributed by atoms with Crippen molar-refractivity contribution < 1.29 is 34.0 Å². The van der Waals surface area contributed by atoms with Crippen molar-refractivity contribution in [3.8, 4) is 0 Å². The Bertz CT molecular complexity index is 1110. The fourth-order valence-electron chi connectivity index (χ4n) is 5.06. The molecule has 11 nitrogen and oxygen atoms in total. The van der Waals surface area contributed by atoms with Gasteiger partial charge in [0.05, 0.1) is 23.4 Å². The van der Waals surface area contributed by atoms with E-state index in [1.807, 2.05) is 30.0 Å². The number of H-pyrrole nitrogens is 1. The lowest BCUT2D eigenvalue weighted by molar-refractivity contribution is -0.145. The molecule has 0 saturated carbocycles. The molecule has 0 bridgehead atoms. The van der Waals surface area contributed by atoms with E-state index in [-0.39, 0.29) is 55.8 Å². The van der Waals surface area contributed by atoms with E-state index in [1.54, 1.807) is 4.90 Å². The van der Waals surface area contributed by atoms with Crippen LogP contribution in [0.15, 0.2) is 23.4 Å². The number of hydrogen-bond donors (Lipinski definition) is 3. The number of ether oxygens (including phenoxy) is 3. The van der Waals surface area contributed by atoms with Crippen LogP contribution in [0.5, 0.6) is 0 Å². The molecule has 2 amide bonds. The largest absolute Gasteiger partial charge is 0.388 e. The Morgan fingerprint density at radius 2 is 1.98 bits per heavy atom. The van der Waals surface area contributed by atoms with E-state index in [2.05, 4.69) is 23.8 Å². The summed E-state index contributed by atoms with van der Waals surface area (Å²) in [4.78, 5) is 38.3. The van der Waals surface area contributed by atoms with Crippen LogP contribution in [0.3, 0.4) is 0 Å². The average Bonchev–Trinajstić information content (AvgIpc) is 3.34. The minimum atomic E-state index is -1.26. The van der Waals surface area contributed by atoms with Crippen LogP contribution in [0.4, 0.5) is 0 Å². The molecule has 12 heteroatoms. The van der Waals surface area contributed by atoms with Gasteiger partial charge in [0.15, 0.2) is 5.16 Å². The number of aromatic nitrogens is 2. The van der Waals surface area contributed by atoms with Gasteiger partial charge in [-0.25, -0.2) is 4.98 Å². The second kappa shape index (κ2) is 16.4. The summed E-state index contributed by atoms with van der Waals surface area (Å²) in [5.74, 6) is 0.131. The Hall–Kier alpha value is -2.22. The highest BCUT2D eigenvalue weighted by Gasteiger charge is 2.33. The molecule has 1 fully saturated rings. The van der Waals surface area contributed by atoms with E-state index in [1.165, 1.54) is 26.0 Å². The number of aryl methyl sites for hydroxylation is 1. The highest BCUT2D eigenvalue weighted by Crippen LogP contribution is 2.23. The SMILES string of the molecule is COCC(=O)N1C[C@H](CC(C)C)N(C(=O)CSc2nc3ccc(C)cc3[nH]2)CCCCOC[C@@H](O)[C@@H](O)[C@H](OC)C1. The molecule has 0 radical (unpaired) electrons. The van der Waals surface area contributed by atoms with E-state index in [9.17, 15) is 19.8 Å². The smallest absolute Gasteiger partial charge is 0.248 e. The topological polar surface area (TPSA) is 137 Å². The molecule has 0 unspecified atom stereocenters. The van der Waals surface area contributed by atoms with Gasteiger partial charge in [-0.2, -0.15) is 0 Å². The molecule has 3 rings (SSSR count). The monoisotopic (exact) mass is 594 g/mol. The Morgan fingerprint density at radius 1 is 1.20 bits per heavy atom. The maximum atomic E-state index is 13.8. The first-order valence-corrected chi connectivity index (χ1v) is 15.2. The van der Waals surface area contributed by atoms with Gasteiger partial charge in [0.1, 0.15) is 24.9 Å². The lowest BCUT2D eigenvalue weighted by atomic mass is 10.00. The Kier molecular flexibility index (Phi) is 13.3. The number of hydrogen-bond acceptors (Lipinski definition) is 9. The number of aliphatic hydroxyl groups excluding tert-OH is 2. The Labute approximate surface area is 246 Å². The van der Waals surface area contributed by atoms with Crippen LogP contribution in [-0.4, -0.2) is 126 Å². The Morgan fingerprint density at radius 3 is 2.68 bits per heavy atom. The summed E-state index contributed by atoms with van der Waals surface area (Å²) < 4.78 is 16.3. The third-order valence-corrected chi connectivity index (χ3v) is 8.07. The van der Waals surface area contributed by atoms with Crippen LogP contribution in [0.1, 0.15) is 38.7 Å². The fourth-order valence-corrected chi connectivity index (χ4v) is 5.83. The highest BCUT2D eigenvalue weighted by molar-refractivity contribution is 7.99. The molecule has 3 N–H and O–H groups in total. The summed E-state index contributed by atoms with van der Waals surface area (Å²) in [6, 6.07) is 5.73. The molecule has 0 aliphatic carbocycles. The van der Waals surface area contributed by atoms with Gasteiger partial charge in [-0.3, -0.25) is 9.59 Å². The zero-order valence-corrected chi connectivity index (χ0v) is 25.7. The highest BCUT2D eigenvalue weighted by atomic mass is 32.2. The van der Waals surface area contributed by atoms with E-state index < -0.39 is 18.3 Å². The number of carbonyl (C=O) groups is 2. The van der Waals surface area contributed by atoms with Crippen LogP contribution in [0.25, 0.3) is 11.0 Å². The number of imidazole rings is 1. The molecule has 2 heterocycles. The number of amides is 2. The van der Waals surface area contributed by atoms with E-state index in [0.29, 0.717) is 37.6 Å². The number of methoxy groups -OCH3 is 2. The first-order valence-electron chi connectivity index (χ1n) is 14.2. The van der Waals surface area contributed by atoms with Crippen LogP contribution in [0, 0.1) is 12.8 Å². The molecule has 2 aromatic rings. The molecule has 1 aliphatic heterocycles. The van der Waals surface area contributed by atoms with E-state index in [4.69, 9.17) is 14.2 Å². The number of rotatable bonds is 8. The second-order valence-corrected chi connectivity index (χ2v) is 12.0. The van der Waals surface area contributed by atoms with Crippen molar-refractivity contribution >= 4 is 34.6 Å². The average molecular weight is 595 g/mol. The molecular weight excluding hydrogens is 548 g/mol. The number of benzene rings is 1. The van der Waals surface area contributed by atoms with Crippen molar-refractivity contribution in [2.45, 2.75) is 69.5 Å². The van der Waals surface area contributed by atoms with E-state index >= 15 is 0 Å². The van der Waals surface area contributed by atoms with Gasteiger partial charge in [-0.05, 0) is 49.8 Å². The van der Waals surface area contributed by atoms with Crippen LogP contribution in [0.2, 0.25) is 0 Å². The molecule has 1 aliphatic rings. The molecule has 4 atom stereocenters. The number of fused-ring (bicyclic) bond motifs is 1. The molecule has 1 saturated heterocycles. The van der Waals surface area contributed by atoms with Crippen molar-refractivity contribution in [2.24, 2.45) is 5.92 Å². The van der Waals surface area contributed by atoms with Gasteiger partial charge in [0.25, 0.3) is 0 Å². The van der Waals surface area contributed by atoms with Gasteiger partial charge in [-0.1, -0.05) is 31.7 Å². The number of nitrogens with one attached hydrogen (secondary N) is 1. The predicted octanol–water partition coefficient (Wildman–Crippen LogP) is 2.23. The maximum absolute atomic E-state index is 13.8. The van der Waals surface area contributed by atoms with Gasteiger partial charge in [-0.15, -0.1) is 0 Å². The summed E-state index contributed by atoms with van der Waals surface area (Å²) in [6.45, 7) is 7.17. The normalized spacial score (nSPS) is 23.6. The van der Waals surface area contributed by atoms with Crippen molar-refractivity contribution in [2.75, 3.05) is 59.4 Å². The standard InChI is InChI=1S/C29H46N4O7S/c1-19(2)12-21-14-32(26(35)17-38-4)15-25(39-5)28(37)24(34)16-40-11-7-6-10-33(21)27(36)18-41-29-30-22-9-8-20(3)13-23(22)31-29/h8-9,13,19,21,24-25,28,34,37H,6-7,10-12,14-18H2,1-5H3,(H,30,31)/t21-,24+,25+,28+/m0/s1. The van der Waals surface area contributed by atoms with Crippen molar-refractivity contribution in [1.29, 1.82) is 0 Å². The lowest BCUT2D eigenvalue weighted by Gasteiger charge is -2.38.